The van der Waals surface area contributed by atoms with E-state index in [0.717, 1.165) is 5.25 Å². The minimum Gasteiger partial charge on any atom is -0.131 e. The molecule has 0 aromatic rings. The molecule has 2 atom stereocenters. The smallest absolute Gasteiger partial charge is 0.00576 e. The predicted molar refractivity (Wildman–Crippen MR) is 60.0 cm³/mol. The molecule has 68 valence electrons. The molecular formula is C9H21PS. The molecule has 0 radical (unpaired) electrons. The van der Waals surface area contributed by atoms with Crippen LogP contribution in [-0.4, -0.2) is 18.1 Å². The van der Waals surface area contributed by atoms with Gasteiger partial charge in [-0.3, -0.25) is 0 Å². The molecule has 0 bridgehead atoms. The fourth-order valence-electron chi connectivity index (χ4n) is 0.815. The maximum Gasteiger partial charge on any atom is 0.00576 e. The molecular weight excluding hydrogens is 171 g/mol. The summed E-state index contributed by atoms with van der Waals surface area (Å²) in [7, 11) is 0.285. The highest BCUT2D eigenvalue weighted by Crippen LogP contribution is 2.49. The molecule has 2 heteroatoms. The molecule has 0 aliphatic rings. The average Bonchev–Trinajstić information content (AvgIpc) is 2.00. The summed E-state index contributed by atoms with van der Waals surface area (Å²) in [5, 5.41) is 0.878. The molecule has 0 N–H and O–H groups in total. The molecule has 0 fully saturated rings. The van der Waals surface area contributed by atoms with Crippen molar-refractivity contribution >= 4 is 18.5 Å². The van der Waals surface area contributed by atoms with Gasteiger partial charge in [-0.05, 0) is 32.8 Å². The standard InChI is InChI=1S/C9H21PS/c1-5-7-8-10(4)11-9(3)6-2/h9H,5-8H2,1-4H3. The summed E-state index contributed by atoms with van der Waals surface area (Å²) in [6, 6.07) is 0. The molecule has 0 saturated heterocycles. The van der Waals surface area contributed by atoms with E-state index >= 15 is 0 Å². The van der Waals surface area contributed by atoms with E-state index in [-0.39, 0.29) is 7.12 Å². The van der Waals surface area contributed by atoms with Gasteiger partial charge in [-0.2, -0.15) is 0 Å². The Morgan fingerprint density at radius 2 is 2.00 bits per heavy atom. The normalized spacial score (nSPS) is 16.4. The first-order valence-corrected chi connectivity index (χ1v) is 8.04. The fraction of sp³-hybridized carbons (Fsp3) is 1.00. The highest BCUT2D eigenvalue weighted by molar-refractivity contribution is 8.55. The molecule has 11 heavy (non-hydrogen) atoms. The third-order valence-electron chi connectivity index (χ3n) is 1.76. The zero-order valence-electron chi connectivity index (χ0n) is 8.26. The molecule has 0 saturated carbocycles. The zero-order valence-corrected chi connectivity index (χ0v) is 9.97. The SMILES string of the molecule is CCCCP(C)SC(C)CC. The van der Waals surface area contributed by atoms with Gasteiger partial charge in [0.2, 0.25) is 0 Å². The number of rotatable bonds is 6. The second-order valence-electron chi connectivity index (χ2n) is 3.03. The third-order valence-corrected chi connectivity index (χ3v) is 6.47. The van der Waals surface area contributed by atoms with Crippen molar-refractivity contribution in [1.29, 1.82) is 0 Å². The van der Waals surface area contributed by atoms with Gasteiger partial charge in [0, 0.05) is 5.25 Å². The van der Waals surface area contributed by atoms with Crippen LogP contribution >= 0.6 is 18.5 Å². The quantitative estimate of drug-likeness (QED) is 0.564. The summed E-state index contributed by atoms with van der Waals surface area (Å²) in [5.41, 5.74) is 0. The van der Waals surface area contributed by atoms with Crippen molar-refractivity contribution in [2.45, 2.75) is 45.3 Å². The first kappa shape index (κ1) is 11.8. The second kappa shape index (κ2) is 7.43. The van der Waals surface area contributed by atoms with Gasteiger partial charge in [-0.1, -0.05) is 27.2 Å². The van der Waals surface area contributed by atoms with E-state index in [1.807, 2.05) is 0 Å². The molecule has 0 aliphatic carbocycles. The van der Waals surface area contributed by atoms with Crippen LogP contribution in [0.4, 0.5) is 0 Å². The lowest BCUT2D eigenvalue weighted by molar-refractivity contribution is 0.892. The first-order chi connectivity index (χ1) is 5.20. The fourth-order valence-corrected chi connectivity index (χ4v) is 5.44. The van der Waals surface area contributed by atoms with Crippen molar-refractivity contribution in [2.24, 2.45) is 0 Å². The molecule has 0 aromatic heterocycles. The maximum atomic E-state index is 2.42. The summed E-state index contributed by atoms with van der Waals surface area (Å²) in [6.07, 6.45) is 5.56. The molecule has 0 aromatic carbocycles. The summed E-state index contributed by atoms with van der Waals surface area (Å²) in [5.74, 6) is 0. The molecule has 0 rings (SSSR count). The van der Waals surface area contributed by atoms with E-state index in [2.05, 4.69) is 38.8 Å². The van der Waals surface area contributed by atoms with Gasteiger partial charge in [0.05, 0.1) is 0 Å². The van der Waals surface area contributed by atoms with E-state index in [1.54, 1.807) is 0 Å². The molecule has 0 spiro atoms. The Morgan fingerprint density at radius 3 is 2.45 bits per heavy atom. The Labute approximate surface area is 77.0 Å². The van der Waals surface area contributed by atoms with Gasteiger partial charge in [-0.25, -0.2) is 0 Å². The van der Waals surface area contributed by atoms with Crippen molar-refractivity contribution in [3.63, 3.8) is 0 Å². The monoisotopic (exact) mass is 192 g/mol. The minimum absolute atomic E-state index is 0.285. The van der Waals surface area contributed by atoms with E-state index in [0.29, 0.717) is 0 Å². The van der Waals surface area contributed by atoms with E-state index < -0.39 is 0 Å². The lowest BCUT2D eigenvalue weighted by Crippen LogP contribution is -1.91. The maximum absolute atomic E-state index is 2.42. The molecule has 2 unspecified atom stereocenters. The lowest BCUT2D eigenvalue weighted by Gasteiger charge is -2.15. The molecule has 0 heterocycles. The van der Waals surface area contributed by atoms with Crippen molar-refractivity contribution in [3.8, 4) is 0 Å². The van der Waals surface area contributed by atoms with Gasteiger partial charge >= 0.3 is 0 Å². The second-order valence-corrected chi connectivity index (χ2v) is 8.25. The number of unbranched alkanes of at least 4 members (excludes halogenated alkanes) is 1. The van der Waals surface area contributed by atoms with Gasteiger partial charge in [0.25, 0.3) is 0 Å². The minimum atomic E-state index is 0.285. The Kier molecular flexibility index (Phi) is 7.96. The number of hydrogen-bond donors (Lipinski definition) is 0. The van der Waals surface area contributed by atoms with Crippen LogP contribution in [0, 0.1) is 0 Å². The molecule has 0 aliphatic heterocycles. The van der Waals surface area contributed by atoms with Gasteiger partial charge < -0.3 is 0 Å². The Bertz CT molecular complexity index is 85.6. The largest absolute Gasteiger partial charge is 0.131 e. The van der Waals surface area contributed by atoms with Gasteiger partial charge in [-0.15, -0.1) is 11.4 Å². The van der Waals surface area contributed by atoms with E-state index in [1.165, 1.54) is 25.4 Å². The zero-order chi connectivity index (χ0) is 8.69. The summed E-state index contributed by atoms with van der Waals surface area (Å²) < 4.78 is 0. The first-order valence-electron chi connectivity index (χ1n) is 4.58. The van der Waals surface area contributed by atoms with E-state index in [4.69, 9.17) is 0 Å². The predicted octanol–water partition coefficient (Wildman–Crippen LogP) is 4.34. The van der Waals surface area contributed by atoms with Gasteiger partial charge in [0.1, 0.15) is 0 Å². The van der Waals surface area contributed by atoms with Crippen molar-refractivity contribution in [2.75, 3.05) is 12.8 Å². The van der Waals surface area contributed by atoms with Crippen LogP contribution in [0.3, 0.4) is 0 Å². The number of hydrogen-bond acceptors (Lipinski definition) is 1. The van der Waals surface area contributed by atoms with Crippen LogP contribution in [0.25, 0.3) is 0 Å². The van der Waals surface area contributed by atoms with Crippen LogP contribution in [0.5, 0.6) is 0 Å². The highest BCUT2D eigenvalue weighted by atomic mass is 32.7. The summed E-state index contributed by atoms with van der Waals surface area (Å²) in [6.45, 7) is 9.31. The Balaban J connectivity index is 3.27. The van der Waals surface area contributed by atoms with Crippen LogP contribution in [0.15, 0.2) is 0 Å². The Hall–Kier alpha value is 0.780. The van der Waals surface area contributed by atoms with Crippen molar-refractivity contribution in [3.05, 3.63) is 0 Å². The topological polar surface area (TPSA) is 0 Å². The highest BCUT2D eigenvalue weighted by Gasteiger charge is 2.05. The van der Waals surface area contributed by atoms with Crippen molar-refractivity contribution in [1.82, 2.24) is 0 Å². The average molecular weight is 192 g/mol. The van der Waals surface area contributed by atoms with Crippen LogP contribution < -0.4 is 0 Å². The van der Waals surface area contributed by atoms with Crippen molar-refractivity contribution < 1.29 is 0 Å². The lowest BCUT2D eigenvalue weighted by atomic mass is 10.4. The molecule has 0 nitrogen and oxygen atoms in total. The summed E-state index contributed by atoms with van der Waals surface area (Å²) >= 11 is 2.20. The van der Waals surface area contributed by atoms with Gasteiger partial charge in [0.15, 0.2) is 0 Å². The van der Waals surface area contributed by atoms with Crippen LogP contribution in [0.2, 0.25) is 0 Å². The van der Waals surface area contributed by atoms with Crippen LogP contribution in [-0.2, 0) is 0 Å². The molecule has 0 amide bonds. The third kappa shape index (κ3) is 7.15. The summed E-state index contributed by atoms with van der Waals surface area (Å²) in [4.78, 5) is 0. The van der Waals surface area contributed by atoms with E-state index in [9.17, 15) is 0 Å². The van der Waals surface area contributed by atoms with Crippen LogP contribution in [0.1, 0.15) is 40.0 Å². The Morgan fingerprint density at radius 1 is 1.36 bits per heavy atom.